The van der Waals surface area contributed by atoms with Gasteiger partial charge in [-0.15, -0.1) is 0 Å². The van der Waals surface area contributed by atoms with Crippen LogP contribution in [-0.4, -0.2) is 33.9 Å². The van der Waals surface area contributed by atoms with Crippen LogP contribution in [0.2, 0.25) is 0 Å². The first-order chi connectivity index (χ1) is 11.7. The van der Waals surface area contributed by atoms with Crippen molar-refractivity contribution < 1.29 is 9.53 Å². The number of fused-ring (bicyclic) bond motifs is 1. The van der Waals surface area contributed by atoms with Crippen molar-refractivity contribution in [3.05, 3.63) is 59.2 Å². The average molecular weight is 321 g/mol. The fraction of sp³-hybridized carbons (Fsp3) is 0.316. The topological polar surface area (TPSA) is 55.3 Å². The second-order valence-corrected chi connectivity index (χ2v) is 6.18. The van der Waals surface area contributed by atoms with Crippen molar-refractivity contribution in [2.24, 2.45) is 0 Å². The molecule has 0 spiro atoms. The molecule has 0 radical (unpaired) electrons. The van der Waals surface area contributed by atoms with Gasteiger partial charge in [-0.2, -0.15) is 0 Å². The van der Waals surface area contributed by atoms with Crippen LogP contribution in [0.5, 0.6) is 5.75 Å². The van der Waals surface area contributed by atoms with Crippen LogP contribution in [-0.2, 0) is 4.79 Å². The van der Waals surface area contributed by atoms with Gasteiger partial charge in [-0.25, -0.2) is 9.97 Å². The highest BCUT2D eigenvalue weighted by atomic mass is 16.5. The summed E-state index contributed by atoms with van der Waals surface area (Å²) in [6, 6.07) is 9.72. The molecule has 5 nitrogen and oxygen atoms in total. The second-order valence-electron chi connectivity index (χ2n) is 6.18. The highest BCUT2D eigenvalue weighted by molar-refractivity contribution is 5.99. The summed E-state index contributed by atoms with van der Waals surface area (Å²) in [5.74, 6) is 1.61. The molecule has 1 aromatic heterocycles. The van der Waals surface area contributed by atoms with Crippen LogP contribution in [0.3, 0.4) is 0 Å². The molecule has 0 unspecified atom stereocenters. The molecule has 5 heteroatoms. The molecular weight excluding hydrogens is 302 g/mol. The maximum Gasteiger partial charge on any atom is 0.253 e. The van der Waals surface area contributed by atoms with Crippen LogP contribution in [0.4, 0.5) is 0 Å². The van der Waals surface area contributed by atoms with E-state index in [9.17, 15) is 4.79 Å². The number of carbonyl (C=O) groups excluding carboxylic acids is 1. The third kappa shape index (κ3) is 2.66. The van der Waals surface area contributed by atoms with E-state index in [1.807, 2.05) is 48.2 Å². The number of hydrogen-bond acceptors (Lipinski definition) is 4. The number of carbonyl (C=O) groups is 1. The highest BCUT2D eigenvalue weighted by Crippen LogP contribution is 2.33. The van der Waals surface area contributed by atoms with Crippen molar-refractivity contribution in [2.45, 2.75) is 25.8 Å². The van der Waals surface area contributed by atoms with E-state index in [0.29, 0.717) is 12.2 Å². The molecule has 2 aliphatic heterocycles. The molecule has 2 aliphatic rings. The Bertz CT molecular complexity index is 816. The molecule has 0 aliphatic carbocycles. The number of ether oxygens (including phenoxy) is 1. The van der Waals surface area contributed by atoms with E-state index in [2.05, 4.69) is 9.97 Å². The van der Waals surface area contributed by atoms with Crippen LogP contribution in [0, 0.1) is 6.92 Å². The summed E-state index contributed by atoms with van der Waals surface area (Å²) in [6.07, 6.45) is 5.64. The van der Waals surface area contributed by atoms with Gasteiger partial charge in [-0.1, -0.05) is 18.2 Å². The summed E-state index contributed by atoms with van der Waals surface area (Å²) in [6.45, 7) is 2.95. The summed E-state index contributed by atoms with van der Waals surface area (Å²) in [4.78, 5) is 23.6. The Morgan fingerprint density at radius 2 is 2.17 bits per heavy atom. The van der Waals surface area contributed by atoms with Gasteiger partial charge in [0.2, 0.25) is 0 Å². The first-order valence-corrected chi connectivity index (χ1v) is 8.25. The van der Waals surface area contributed by atoms with Gasteiger partial charge in [0.25, 0.3) is 5.91 Å². The molecule has 122 valence electrons. The lowest BCUT2D eigenvalue weighted by molar-refractivity contribution is -0.128. The van der Waals surface area contributed by atoms with E-state index in [1.54, 1.807) is 6.20 Å². The molecule has 0 bridgehead atoms. The minimum atomic E-state index is 0.0253. The molecule has 0 saturated carbocycles. The monoisotopic (exact) mass is 321 g/mol. The zero-order chi connectivity index (χ0) is 16.5. The number of hydrogen-bond donors (Lipinski definition) is 0. The van der Waals surface area contributed by atoms with Crippen LogP contribution < -0.4 is 4.74 Å². The SMILES string of the molecule is Cc1nccc([C@H]2CCCN2C(=O)C2=Cc3ccccc3OC2)n1. The normalized spacial score (nSPS) is 19.5. The Hall–Kier alpha value is -2.69. The Morgan fingerprint density at radius 3 is 3.04 bits per heavy atom. The average Bonchev–Trinajstić information content (AvgIpc) is 3.10. The molecule has 1 amide bonds. The van der Waals surface area contributed by atoms with Crippen molar-refractivity contribution in [1.82, 2.24) is 14.9 Å². The lowest BCUT2D eigenvalue weighted by atomic mass is 10.1. The molecule has 1 atom stereocenters. The Labute approximate surface area is 141 Å². The van der Waals surface area contributed by atoms with Gasteiger partial charge in [0, 0.05) is 18.3 Å². The number of aromatic nitrogens is 2. The summed E-state index contributed by atoms with van der Waals surface area (Å²) in [5.41, 5.74) is 2.58. The molecule has 24 heavy (non-hydrogen) atoms. The highest BCUT2D eigenvalue weighted by Gasteiger charge is 2.33. The number of aryl methyl sites for hydroxylation is 1. The van der Waals surface area contributed by atoms with Gasteiger partial charge in [0.05, 0.1) is 17.3 Å². The molecule has 3 heterocycles. The third-order valence-corrected chi connectivity index (χ3v) is 4.56. The maximum absolute atomic E-state index is 13.0. The summed E-state index contributed by atoms with van der Waals surface area (Å²) < 4.78 is 5.74. The Morgan fingerprint density at radius 1 is 1.29 bits per heavy atom. The maximum atomic E-state index is 13.0. The van der Waals surface area contributed by atoms with Gasteiger partial charge in [-0.3, -0.25) is 4.79 Å². The number of likely N-dealkylation sites (tertiary alicyclic amines) is 1. The molecular formula is C19H19N3O2. The van der Waals surface area contributed by atoms with Crippen molar-refractivity contribution in [3.8, 4) is 5.75 Å². The molecule has 1 saturated heterocycles. The van der Waals surface area contributed by atoms with Gasteiger partial charge in [-0.05, 0) is 38.0 Å². The zero-order valence-electron chi connectivity index (χ0n) is 13.6. The lowest BCUT2D eigenvalue weighted by Crippen LogP contribution is -2.34. The van der Waals surface area contributed by atoms with E-state index in [-0.39, 0.29) is 11.9 Å². The van der Waals surface area contributed by atoms with Gasteiger partial charge in [0.15, 0.2) is 0 Å². The number of para-hydroxylation sites is 1. The van der Waals surface area contributed by atoms with Gasteiger partial charge < -0.3 is 9.64 Å². The second kappa shape index (κ2) is 6.07. The molecule has 0 N–H and O–H groups in total. The molecule has 2 aromatic rings. The quantitative estimate of drug-likeness (QED) is 0.853. The minimum absolute atomic E-state index is 0.0253. The van der Waals surface area contributed by atoms with Crippen molar-refractivity contribution in [1.29, 1.82) is 0 Å². The number of nitrogens with zero attached hydrogens (tertiary/aromatic N) is 3. The first-order valence-electron chi connectivity index (χ1n) is 8.25. The van der Waals surface area contributed by atoms with Crippen molar-refractivity contribution in [2.75, 3.05) is 13.2 Å². The van der Waals surface area contributed by atoms with E-state index in [0.717, 1.165) is 42.2 Å². The van der Waals surface area contributed by atoms with E-state index < -0.39 is 0 Å². The van der Waals surface area contributed by atoms with Crippen molar-refractivity contribution >= 4 is 12.0 Å². The van der Waals surface area contributed by atoms with Gasteiger partial charge in [0.1, 0.15) is 18.2 Å². The Kier molecular flexibility index (Phi) is 3.76. The minimum Gasteiger partial charge on any atom is -0.488 e. The predicted molar refractivity (Wildman–Crippen MR) is 90.4 cm³/mol. The van der Waals surface area contributed by atoms with Crippen LogP contribution in [0.25, 0.3) is 6.08 Å². The predicted octanol–water partition coefficient (Wildman–Crippen LogP) is 2.92. The van der Waals surface area contributed by atoms with E-state index >= 15 is 0 Å². The zero-order valence-corrected chi connectivity index (χ0v) is 13.6. The summed E-state index contributed by atoms with van der Waals surface area (Å²) in [7, 11) is 0. The fourth-order valence-electron chi connectivity index (χ4n) is 3.40. The van der Waals surface area contributed by atoms with Crippen LogP contribution in [0.1, 0.15) is 36.0 Å². The molecule has 1 aromatic carbocycles. The first kappa shape index (κ1) is 14.9. The fourth-order valence-corrected chi connectivity index (χ4v) is 3.40. The lowest BCUT2D eigenvalue weighted by Gasteiger charge is -2.27. The van der Waals surface area contributed by atoms with Crippen LogP contribution in [0.15, 0.2) is 42.1 Å². The number of amides is 1. The van der Waals surface area contributed by atoms with Crippen LogP contribution >= 0.6 is 0 Å². The van der Waals surface area contributed by atoms with E-state index in [4.69, 9.17) is 4.74 Å². The number of rotatable bonds is 2. The largest absolute Gasteiger partial charge is 0.488 e. The van der Waals surface area contributed by atoms with Gasteiger partial charge >= 0.3 is 0 Å². The smallest absolute Gasteiger partial charge is 0.253 e. The molecule has 1 fully saturated rings. The summed E-state index contributed by atoms with van der Waals surface area (Å²) >= 11 is 0. The third-order valence-electron chi connectivity index (χ3n) is 4.56. The number of benzene rings is 1. The van der Waals surface area contributed by atoms with E-state index in [1.165, 1.54) is 0 Å². The van der Waals surface area contributed by atoms with Crippen molar-refractivity contribution in [3.63, 3.8) is 0 Å². The Balaban J connectivity index is 1.61. The molecule has 4 rings (SSSR count). The standard InChI is InChI=1S/C19H19N3O2/c1-13-20-9-8-16(21-13)17-6-4-10-22(17)19(23)15-11-14-5-2-3-7-18(14)24-12-15/h2-3,5,7-9,11,17H,4,6,10,12H2,1H3/t17-/m1/s1. The summed E-state index contributed by atoms with van der Waals surface area (Å²) in [5, 5.41) is 0.